The zero-order valence-electron chi connectivity index (χ0n) is 8.64. The predicted molar refractivity (Wildman–Crippen MR) is 55.4 cm³/mol. The summed E-state index contributed by atoms with van der Waals surface area (Å²) in [4.78, 5) is 3.93. The summed E-state index contributed by atoms with van der Waals surface area (Å²) in [5.74, 6) is 0.611. The van der Waals surface area contributed by atoms with Gasteiger partial charge in [0.25, 0.3) is 0 Å². The van der Waals surface area contributed by atoms with Gasteiger partial charge in [-0.05, 0) is 18.2 Å². The summed E-state index contributed by atoms with van der Waals surface area (Å²) >= 11 is 0. The number of aromatic nitrogens is 3. The summed E-state index contributed by atoms with van der Waals surface area (Å²) in [5.41, 5.74) is 6.45. The molecule has 0 aliphatic carbocycles. The van der Waals surface area contributed by atoms with E-state index in [4.69, 9.17) is 10.5 Å². The molecule has 0 saturated heterocycles. The van der Waals surface area contributed by atoms with Crippen LogP contribution in [0.2, 0.25) is 0 Å². The Morgan fingerprint density at radius 2 is 2.31 bits per heavy atom. The van der Waals surface area contributed by atoms with Crippen molar-refractivity contribution in [1.29, 1.82) is 0 Å². The molecule has 84 valence electrons. The summed E-state index contributed by atoms with van der Waals surface area (Å²) in [6.07, 6.45) is 1.35. The molecule has 3 N–H and O–H groups in total. The number of halogens is 1. The maximum Gasteiger partial charge on any atom is 0.145 e. The first-order chi connectivity index (χ1) is 7.72. The molecule has 2 rings (SSSR count). The molecule has 0 saturated carbocycles. The van der Waals surface area contributed by atoms with Gasteiger partial charge in [-0.1, -0.05) is 0 Å². The van der Waals surface area contributed by atoms with Gasteiger partial charge < -0.3 is 10.5 Å². The van der Waals surface area contributed by atoms with Gasteiger partial charge >= 0.3 is 0 Å². The van der Waals surface area contributed by atoms with E-state index in [0.29, 0.717) is 17.1 Å². The fraction of sp³-hybridized carbons (Fsp3) is 0.200. The highest BCUT2D eigenvalue weighted by atomic mass is 19.1. The molecule has 1 aromatic carbocycles. The van der Waals surface area contributed by atoms with Gasteiger partial charge in [0.1, 0.15) is 23.7 Å². The Morgan fingerprint density at radius 1 is 1.50 bits per heavy atom. The summed E-state index contributed by atoms with van der Waals surface area (Å²) in [6.45, 7) is 0. The van der Waals surface area contributed by atoms with Crippen LogP contribution in [-0.2, 0) is 0 Å². The normalized spacial score (nSPS) is 12.4. The molecule has 6 heteroatoms. The fourth-order valence-corrected chi connectivity index (χ4v) is 1.46. The number of nitrogens with two attached hydrogens (primary N) is 1. The van der Waals surface area contributed by atoms with Gasteiger partial charge in [-0.25, -0.2) is 9.37 Å². The molecule has 0 bridgehead atoms. The zero-order chi connectivity index (χ0) is 11.5. The SMILES string of the molecule is COc1ccc(F)cc1C(N)c1ncn[nH]1. The van der Waals surface area contributed by atoms with Crippen LogP contribution in [0.4, 0.5) is 4.39 Å². The number of H-pyrrole nitrogens is 1. The van der Waals surface area contributed by atoms with Crippen molar-refractivity contribution in [3.05, 3.63) is 41.7 Å². The number of hydrogen-bond acceptors (Lipinski definition) is 4. The number of nitrogens with one attached hydrogen (secondary N) is 1. The molecular formula is C10H11FN4O. The van der Waals surface area contributed by atoms with Crippen LogP contribution in [0.25, 0.3) is 0 Å². The lowest BCUT2D eigenvalue weighted by atomic mass is 10.1. The van der Waals surface area contributed by atoms with Gasteiger partial charge in [0.2, 0.25) is 0 Å². The number of hydrogen-bond donors (Lipinski definition) is 2. The summed E-state index contributed by atoms with van der Waals surface area (Å²) in [6, 6.07) is 3.58. The van der Waals surface area contributed by atoms with Gasteiger partial charge in [0.05, 0.1) is 13.2 Å². The van der Waals surface area contributed by atoms with Crippen molar-refractivity contribution in [3.63, 3.8) is 0 Å². The van der Waals surface area contributed by atoms with Crippen molar-refractivity contribution in [1.82, 2.24) is 15.2 Å². The average Bonchev–Trinajstić information content (AvgIpc) is 2.81. The van der Waals surface area contributed by atoms with Gasteiger partial charge in [-0.2, -0.15) is 5.10 Å². The van der Waals surface area contributed by atoms with Crippen LogP contribution in [0, 0.1) is 5.82 Å². The smallest absolute Gasteiger partial charge is 0.145 e. The Bertz CT molecular complexity index is 472. The van der Waals surface area contributed by atoms with E-state index in [9.17, 15) is 4.39 Å². The van der Waals surface area contributed by atoms with Crippen molar-refractivity contribution in [3.8, 4) is 5.75 Å². The van der Waals surface area contributed by atoms with E-state index in [1.807, 2.05) is 0 Å². The number of ether oxygens (including phenoxy) is 1. The first-order valence-electron chi connectivity index (χ1n) is 4.66. The van der Waals surface area contributed by atoms with E-state index in [-0.39, 0.29) is 5.82 Å². The van der Waals surface area contributed by atoms with Gasteiger partial charge in [0.15, 0.2) is 0 Å². The summed E-state index contributed by atoms with van der Waals surface area (Å²) < 4.78 is 18.2. The van der Waals surface area contributed by atoms with Crippen molar-refractivity contribution in [2.75, 3.05) is 7.11 Å². The number of rotatable bonds is 3. The lowest BCUT2D eigenvalue weighted by Gasteiger charge is -2.13. The largest absolute Gasteiger partial charge is 0.496 e. The number of nitrogens with zero attached hydrogens (tertiary/aromatic N) is 2. The number of aromatic amines is 1. The minimum Gasteiger partial charge on any atom is -0.496 e. The quantitative estimate of drug-likeness (QED) is 0.812. The topological polar surface area (TPSA) is 76.8 Å². The Labute approximate surface area is 91.5 Å². The van der Waals surface area contributed by atoms with Crippen molar-refractivity contribution >= 4 is 0 Å². The molecule has 0 radical (unpaired) electrons. The summed E-state index contributed by atoms with van der Waals surface area (Å²) in [7, 11) is 1.50. The molecule has 0 spiro atoms. The number of methoxy groups -OCH3 is 1. The lowest BCUT2D eigenvalue weighted by molar-refractivity contribution is 0.406. The van der Waals surface area contributed by atoms with Crippen LogP contribution in [-0.4, -0.2) is 22.3 Å². The van der Waals surface area contributed by atoms with E-state index in [0.717, 1.165) is 0 Å². The maximum absolute atomic E-state index is 13.1. The highest BCUT2D eigenvalue weighted by Crippen LogP contribution is 2.27. The highest BCUT2D eigenvalue weighted by Gasteiger charge is 2.17. The molecule has 0 aliphatic rings. The molecule has 16 heavy (non-hydrogen) atoms. The highest BCUT2D eigenvalue weighted by molar-refractivity contribution is 5.38. The van der Waals surface area contributed by atoms with Gasteiger partial charge in [0, 0.05) is 5.56 Å². The van der Waals surface area contributed by atoms with Crippen LogP contribution in [0.15, 0.2) is 24.5 Å². The second-order valence-electron chi connectivity index (χ2n) is 3.23. The first-order valence-corrected chi connectivity index (χ1v) is 4.66. The zero-order valence-corrected chi connectivity index (χ0v) is 8.64. The van der Waals surface area contributed by atoms with E-state index in [1.165, 1.54) is 31.6 Å². The number of benzene rings is 1. The lowest BCUT2D eigenvalue weighted by Crippen LogP contribution is -2.15. The molecule has 1 aromatic heterocycles. The predicted octanol–water partition coefficient (Wildman–Crippen LogP) is 1.00. The van der Waals surface area contributed by atoms with E-state index >= 15 is 0 Å². The maximum atomic E-state index is 13.1. The minimum absolute atomic E-state index is 0.370. The third kappa shape index (κ3) is 1.87. The third-order valence-electron chi connectivity index (χ3n) is 2.26. The van der Waals surface area contributed by atoms with Crippen molar-refractivity contribution < 1.29 is 9.13 Å². The second-order valence-corrected chi connectivity index (χ2v) is 3.23. The Morgan fingerprint density at radius 3 is 2.94 bits per heavy atom. The van der Waals surface area contributed by atoms with E-state index < -0.39 is 6.04 Å². The average molecular weight is 222 g/mol. The van der Waals surface area contributed by atoms with Crippen LogP contribution in [0.5, 0.6) is 5.75 Å². The van der Waals surface area contributed by atoms with Crippen LogP contribution in [0.1, 0.15) is 17.4 Å². The molecule has 2 aromatic rings. The van der Waals surface area contributed by atoms with Gasteiger partial charge in [-0.3, -0.25) is 5.10 Å². The Balaban J connectivity index is 2.42. The van der Waals surface area contributed by atoms with Crippen molar-refractivity contribution in [2.45, 2.75) is 6.04 Å². The first kappa shape index (κ1) is 10.6. The molecular weight excluding hydrogens is 211 g/mol. The molecule has 0 amide bonds. The molecule has 0 fully saturated rings. The molecule has 1 atom stereocenters. The second kappa shape index (κ2) is 4.28. The monoisotopic (exact) mass is 222 g/mol. The van der Waals surface area contributed by atoms with Crippen molar-refractivity contribution in [2.24, 2.45) is 5.73 Å². The Kier molecular flexibility index (Phi) is 2.82. The third-order valence-corrected chi connectivity index (χ3v) is 2.26. The fourth-order valence-electron chi connectivity index (χ4n) is 1.46. The Hall–Kier alpha value is -1.95. The van der Waals surface area contributed by atoms with E-state index in [2.05, 4.69) is 15.2 Å². The minimum atomic E-state index is -0.590. The molecule has 5 nitrogen and oxygen atoms in total. The van der Waals surface area contributed by atoms with Gasteiger partial charge in [-0.15, -0.1) is 0 Å². The molecule has 0 aliphatic heterocycles. The van der Waals surface area contributed by atoms with E-state index in [1.54, 1.807) is 0 Å². The standard InChI is InChI=1S/C10H11FN4O/c1-16-8-3-2-6(11)4-7(8)9(12)10-13-5-14-15-10/h2-5,9H,12H2,1H3,(H,13,14,15). The van der Waals surface area contributed by atoms with Crippen LogP contribution < -0.4 is 10.5 Å². The van der Waals surface area contributed by atoms with Crippen LogP contribution in [0.3, 0.4) is 0 Å². The molecule has 1 unspecified atom stereocenters. The molecule has 1 heterocycles. The van der Waals surface area contributed by atoms with Crippen LogP contribution >= 0.6 is 0 Å². The summed E-state index contributed by atoms with van der Waals surface area (Å²) in [5, 5.41) is 6.34.